The summed E-state index contributed by atoms with van der Waals surface area (Å²) in [7, 11) is 1.53. The van der Waals surface area contributed by atoms with Gasteiger partial charge >= 0.3 is 0 Å². The smallest absolute Gasteiger partial charge is 0.289 e. The minimum atomic E-state index is -0.545. The van der Waals surface area contributed by atoms with Crippen LogP contribution in [0.3, 0.4) is 0 Å². The number of ether oxygens (including phenoxy) is 1. The average Bonchev–Trinajstić information content (AvgIpc) is 2.73. The molecule has 0 radical (unpaired) electrons. The number of nitrogens with two attached hydrogens (primary N) is 1. The molecule has 0 saturated heterocycles. The van der Waals surface area contributed by atoms with Gasteiger partial charge in [-0.2, -0.15) is 4.98 Å². The Morgan fingerprint density at radius 3 is 2.82 bits per heavy atom. The quantitative estimate of drug-likeness (QED) is 0.421. The number of rotatable bonds is 6. The Kier molecular flexibility index (Phi) is 4.88. The van der Waals surface area contributed by atoms with E-state index in [4.69, 9.17) is 10.5 Å². The molecule has 1 rings (SSSR count). The minimum Gasteiger partial charge on any atom is -0.383 e. The molecule has 0 aliphatic rings. The lowest BCUT2D eigenvalue weighted by atomic mass is 10.5. The monoisotopic (exact) mass is 242 g/mol. The molecule has 1 aromatic heterocycles. The van der Waals surface area contributed by atoms with E-state index in [0.717, 1.165) is 0 Å². The highest BCUT2D eigenvalue weighted by Gasteiger charge is 2.11. The molecule has 0 aliphatic heterocycles. The third kappa shape index (κ3) is 4.47. The maximum Gasteiger partial charge on any atom is 0.289 e. The Morgan fingerprint density at radius 1 is 1.47 bits per heavy atom. The number of nitrogens with zero attached hydrogens (tertiary/aromatic N) is 2. The molecule has 1 heterocycles. The molecular formula is C8H14N6O3. The number of methoxy groups -OCH3 is 1. The summed E-state index contributed by atoms with van der Waals surface area (Å²) in [6.45, 7) is 0.655. The van der Waals surface area contributed by atoms with Crippen LogP contribution >= 0.6 is 0 Å². The largest absolute Gasteiger partial charge is 0.383 e. The van der Waals surface area contributed by atoms with E-state index in [0.29, 0.717) is 13.2 Å². The van der Waals surface area contributed by atoms with Crippen molar-refractivity contribution in [2.24, 2.45) is 0 Å². The van der Waals surface area contributed by atoms with Gasteiger partial charge in [0.2, 0.25) is 17.7 Å². The zero-order valence-corrected chi connectivity index (χ0v) is 9.32. The fraction of sp³-hybridized carbons (Fsp3) is 0.500. The van der Waals surface area contributed by atoms with Gasteiger partial charge in [0, 0.05) is 13.7 Å². The molecule has 9 nitrogen and oxygen atoms in total. The first-order valence-corrected chi connectivity index (χ1v) is 4.85. The number of aromatic amines is 1. The number of anilines is 1. The second kappa shape index (κ2) is 6.43. The third-order valence-corrected chi connectivity index (χ3v) is 1.76. The van der Waals surface area contributed by atoms with Crippen LogP contribution in [0.15, 0.2) is 0 Å². The lowest BCUT2D eigenvalue weighted by Crippen LogP contribution is -2.38. The van der Waals surface area contributed by atoms with Crippen LogP contribution in [0, 0.1) is 0 Å². The van der Waals surface area contributed by atoms with Crippen molar-refractivity contribution in [3.63, 3.8) is 0 Å². The van der Waals surface area contributed by atoms with Crippen molar-refractivity contribution >= 4 is 17.8 Å². The van der Waals surface area contributed by atoms with Crippen LogP contribution in [-0.4, -0.2) is 53.8 Å². The second-order valence-electron chi connectivity index (χ2n) is 3.07. The first-order chi connectivity index (χ1) is 8.13. The van der Waals surface area contributed by atoms with Gasteiger partial charge in [-0.05, 0) is 0 Å². The van der Waals surface area contributed by atoms with E-state index in [1.165, 1.54) is 7.11 Å². The molecule has 2 amide bonds. The summed E-state index contributed by atoms with van der Waals surface area (Å²) >= 11 is 0. The van der Waals surface area contributed by atoms with Crippen LogP contribution in [0.1, 0.15) is 10.6 Å². The van der Waals surface area contributed by atoms with Gasteiger partial charge in [0.05, 0.1) is 13.2 Å². The van der Waals surface area contributed by atoms with Gasteiger partial charge in [-0.3, -0.25) is 14.7 Å². The number of amides is 2. The first-order valence-electron chi connectivity index (χ1n) is 4.85. The van der Waals surface area contributed by atoms with Crippen LogP contribution in [-0.2, 0) is 9.53 Å². The minimum absolute atomic E-state index is 0.0281. The van der Waals surface area contributed by atoms with Crippen molar-refractivity contribution in [2.75, 3.05) is 32.5 Å². The summed E-state index contributed by atoms with van der Waals surface area (Å²) in [4.78, 5) is 26.2. The lowest BCUT2D eigenvalue weighted by Gasteiger charge is -2.04. The highest BCUT2D eigenvalue weighted by Crippen LogP contribution is 1.91. The Balaban J connectivity index is 2.26. The van der Waals surface area contributed by atoms with Crippen LogP contribution in [0.25, 0.3) is 0 Å². The van der Waals surface area contributed by atoms with E-state index in [9.17, 15) is 9.59 Å². The molecule has 0 spiro atoms. The van der Waals surface area contributed by atoms with E-state index in [1.54, 1.807) is 0 Å². The Bertz CT molecular complexity index is 390. The summed E-state index contributed by atoms with van der Waals surface area (Å²) in [5, 5.41) is 10.7. The summed E-state index contributed by atoms with van der Waals surface area (Å²) in [6.07, 6.45) is 0. The number of nitrogens with one attached hydrogen (secondary N) is 3. The molecule has 0 aromatic carbocycles. The molecule has 0 bridgehead atoms. The topological polar surface area (TPSA) is 135 Å². The number of aromatic nitrogens is 3. The highest BCUT2D eigenvalue weighted by atomic mass is 16.5. The van der Waals surface area contributed by atoms with Crippen LogP contribution in [0.4, 0.5) is 5.95 Å². The molecular weight excluding hydrogens is 228 g/mol. The lowest BCUT2D eigenvalue weighted by molar-refractivity contribution is -0.120. The SMILES string of the molecule is COCCNC(=O)CNC(=O)c1nc(N)n[nH]1. The number of nitrogen functional groups attached to an aromatic ring is 1. The first kappa shape index (κ1) is 12.9. The highest BCUT2D eigenvalue weighted by molar-refractivity contribution is 5.93. The van der Waals surface area contributed by atoms with Crippen molar-refractivity contribution < 1.29 is 14.3 Å². The Hall–Kier alpha value is -2.16. The van der Waals surface area contributed by atoms with Crippen molar-refractivity contribution in [1.82, 2.24) is 25.8 Å². The van der Waals surface area contributed by atoms with Crippen LogP contribution < -0.4 is 16.4 Å². The van der Waals surface area contributed by atoms with Gasteiger partial charge in [-0.15, -0.1) is 5.10 Å². The Labute approximate surface area is 97.1 Å². The predicted molar refractivity (Wildman–Crippen MR) is 58.0 cm³/mol. The summed E-state index contributed by atoms with van der Waals surface area (Å²) in [6, 6.07) is 0. The third-order valence-electron chi connectivity index (χ3n) is 1.76. The van der Waals surface area contributed by atoms with E-state index in [-0.39, 0.29) is 24.2 Å². The van der Waals surface area contributed by atoms with Crippen molar-refractivity contribution in [3.05, 3.63) is 5.82 Å². The maximum absolute atomic E-state index is 11.4. The molecule has 0 saturated carbocycles. The number of hydrogen-bond acceptors (Lipinski definition) is 6. The molecule has 9 heteroatoms. The fourth-order valence-electron chi connectivity index (χ4n) is 0.976. The second-order valence-corrected chi connectivity index (χ2v) is 3.07. The van der Waals surface area contributed by atoms with Crippen molar-refractivity contribution in [3.8, 4) is 0 Å². The number of hydrogen-bond donors (Lipinski definition) is 4. The van der Waals surface area contributed by atoms with E-state index in [1.807, 2.05) is 0 Å². The molecule has 0 atom stereocenters. The van der Waals surface area contributed by atoms with Crippen LogP contribution in [0.5, 0.6) is 0 Å². The summed E-state index contributed by atoms with van der Waals surface area (Å²) in [5.74, 6) is -0.925. The number of carbonyl (C=O) groups excluding carboxylic acids is 2. The normalized spacial score (nSPS) is 9.94. The van der Waals surface area contributed by atoms with Gasteiger partial charge in [-0.1, -0.05) is 0 Å². The van der Waals surface area contributed by atoms with Gasteiger partial charge in [-0.25, -0.2) is 0 Å². The van der Waals surface area contributed by atoms with Gasteiger partial charge in [0.15, 0.2) is 0 Å². The standard InChI is InChI=1S/C8H14N6O3/c1-17-3-2-10-5(15)4-11-7(16)6-12-8(9)14-13-6/h2-4H2,1H3,(H,10,15)(H,11,16)(H3,9,12,13,14). The predicted octanol–water partition coefficient (Wildman–Crippen LogP) is -2.12. The molecule has 94 valence electrons. The van der Waals surface area contributed by atoms with E-state index in [2.05, 4.69) is 25.8 Å². The van der Waals surface area contributed by atoms with Gasteiger partial charge in [0.25, 0.3) is 5.91 Å². The Morgan fingerprint density at radius 2 is 2.24 bits per heavy atom. The number of carbonyl (C=O) groups is 2. The fourth-order valence-corrected chi connectivity index (χ4v) is 0.976. The summed E-state index contributed by atoms with van der Waals surface area (Å²) < 4.78 is 4.75. The molecule has 1 aromatic rings. The molecule has 0 aliphatic carbocycles. The van der Waals surface area contributed by atoms with Crippen molar-refractivity contribution in [2.45, 2.75) is 0 Å². The molecule has 0 fully saturated rings. The number of H-pyrrole nitrogens is 1. The molecule has 17 heavy (non-hydrogen) atoms. The van der Waals surface area contributed by atoms with E-state index >= 15 is 0 Å². The summed E-state index contributed by atoms with van der Waals surface area (Å²) in [5.41, 5.74) is 5.23. The molecule has 0 unspecified atom stereocenters. The van der Waals surface area contributed by atoms with Gasteiger partial charge in [0.1, 0.15) is 0 Å². The van der Waals surface area contributed by atoms with Crippen LogP contribution in [0.2, 0.25) is 0 Å². The molecule has 5 N–H and O–H groups in total. The zero-order valence-electron chi connectivity index (χ0n) is 9.32. The van der Waals surface area contributed by atoms with Crippen molar-refractivity contribution in [1.29, 1.82) is 0 Å². The zero-order chi connectivity index (χ0) is 12.7. The maximum atomic E-state index is 11.4. The average molecular weight is 242 g/mol. The van der Waals surface area contributed by atoms with E-state index < -0.39 is 5.91 Å². The van der Waals surface area contributed by atoms with Gasteiger partial charge < -0.3 is 21.1 Å².